The van der Waals surface area contributed by atoms with Gasteiger partial charge in [-0.05, 0) is 29.8 Å². The molecule has 0 aliphatic carbocycles. The highest BCUT2D eigenvalue weighted by Gasteiger charge is 2.10. The lowest BCUT2D eigenvalue weighted by atomic mass is 10.0. The number of benzene rings is 2. The number of nitrogens with zero attached hydrogens (tertiary/aromatic N) is 1. The first kappa shape index (κ1) is 12.3. The standard InChI is InChI=1S/C14H9F2N3O/c15-9-2-3-10(12(16)6-9)8-1-4-13-11(5-8)14(17-7-20)19-18-13/h1-7H,(H2,17,18,19,20). The topological polar surface area (TPSA) is 57.8 Å². The average Bonchev–Trinajstić information content (AvgIpc) is 2.82. The Kier molecular flexibility index (Phi) is 2.90. The Labute approximate surface area is 112 Å². The minimum absolute atomic E-state index is 0.284. The van der Waals surface area contributed by atoms with Gasteiger partial charge in [0.25, 0.3) is 0 Å². The number of aromatic amines is 1. The molecule has 6 heteroatoms. The molecule has 0 radical (unpaired) electrons. The number of fused-ring (bicyclic) bond motifs is 1. The van der Waals surface area contributed by atoms with Crippen molar-refractivity contribution < 1.29 is 13.6 Å². The van der Waals surface area contributed by atoms with Crippen molar-refractivity contribution in [1.29, 1.82) is 0 Å². The zero-order valence-electron chi connectivity index (χ0n) is 10.2. The van der Waals surface area contributed by atoms with Crippen LogP contribution in [0.3, 0.4) is 0 Å². The third kappa shape index (κ3) is 2.01. The van der Waals surface area contributed by atoms with E-state index in [1.54, 1.807) is 18.2 Å². The number of anilines is 1. The number of nitrogens with one attached hydrogen (secondary N) is 2. The van der Waals surface area contributed by atoms with Crippen molar-refractivity contribution in [3.8, 4) is 11.1 Å². The number of carbonyl (C=O) groups excluding carboxylic acids is 1. The van der Waals surface area contributed by atoms with Crippen LogP contribution >= 0.6 is 0 Å². The second-order valence-corrected chi connectivity index (χ2v) is 4.22. The van der Waals surface area contributed by atoms with E-state index in [1.807, 2.05) is 0 Å². The smallest absolute Gasteiger partial charge is 0.212 e. The van der Waals surface area contributed by atoms with E-state index in [9.17, 15) is 13.6 Å². The summed E-state index contributed by atoms with van der Waals surface area (Å²) in [6.07, 6.45) is 0.515. The fraction of sp³-hybridized carbons (Fsp3) is 0. The van der Waals surface area contributed by atoms with Gasteiger partial charge >= 0.3 is 0 Å². The van der Waals surface area contributed by atoms with Crippen LogP contribution in [-0.2, 0) is 4.79 Å². The molecule has 0 spiro atoms. The lowest BCUT2D eigenvalue weighted by molar-refractivity contribution is -0.105. The summed E-state index contributed by atoms with van der Waals surface area (Å²) in [7, 11) is 0. The summed E-state index contributed by atoms with van der Waals surface area (Å²) in [5.41, 5.74) is 1.57. The van der Waals surface area contributed by atoms with Gasteiger partial charge in [-0.25, -0.2) is 8.78 Å². The predicted octanol–water partition coefficient (Wildman–Crippen LogP) is 3.08. The molecule has 1 amide bonds. The van der Waals surface area contributed by atoms with Crippen LogP contribution in [0.15, 0.2) is 36.4 Å². The van der Waals surface area contributed by atoms with Crippen molar-refractivity contribution >= 4 is 23.1 Å². The van der Waals surface area contributed by atoms with Crippen LogP contribution in [0.4, 0.5) is 14.6 Å². The van der Waals surface area contributed by atoms with E-state index in [4.69, 9.17) is 0 Å². The summed E-state index contributed by atoms with van der Waals surface area (Å²) in [6, 6.07) is 8.50. The Morgan fingerprint density at radius 3 is 2.75 bits per heavy atom. The van der Waals surface area contributed by atoms with Crippen LogP contribution in [0, 0.1) is 11.6 Å². The van der Waals surface area contributed by atoms with Gasteiger partial charge < -0.3 is 5.32 Å². The van der Waals surface area contributed by atoms with Crippen LogP contribution in [0.1, 0.15) is 0 Å². The third-order valence-electron chi connectivity index (χ3n) is 3.00. The number of hydrogen-bond acceptors (Lipinski definition) is 2. The summed E-state index contributed by atoms with van der Waals surface area (Å²) in [5.74, 6) is -0.906. The molecule has 3 rings (SSSR count). The van der Waals surface area contributed by atoms with Crippen molar-refractivity contribution in [3.05, 3.63) is 48.0 Å². The zero-order chi connectivity index (χ0) is 14.1. The monoisotopic (exact) mass is 273 g/mol. The fourth-order valence-electron chi connectivity index (χ4n) is 2.07. The molecule has 0 aliphatic heterocycles. The van der Waals surface area contributed by atoms with E-state index in [1.165, 1.54) is 12.1 Å². The maximum atomic E-state index is 13.8. The van der Waals surface area contributed by atoms with Gasteiger partial charge in [-0.3, -0.25) is 9.89 Å². The largest absolute Gasteiger partial charge is 0.311 e. The van der Waals surface area contributed by atoms with E-state index >= 15 is 0 Å². The van der Waals surface area contributed by atoms with E-state index in [-0.39, 0.29) is 5.56 Å². The van der Waals surface area contributed by atoms with Gasteiger partial charge in [-0.2, -0.15) is 5.10 Å². The zero-order valence-corrected chi connectivity index (χ0v) is 10.2. The lowest BCUT2D eigenvalue weighted by Gasteiger charge is -2.04. The summed E-state index contributed by atoms with van der Waals surface area (Å²) in [4.78, 5) is 10.5. The third-order valence-corrected chi connectivity index (χ3v) is 3.00. The van der Waals surface area contributed by atoms with Gasteiger partial charge in [-0.15, -0.1) is 0 Å². The first-order valence-corrected chi connectivity index (χ1v) is 5.83. The quantitative estimate of drug-likeness (QED) is 0.720. The number of halogens is 2. The minimum Gasteiger partial charge on any atom is -0.311 e. The molecular weight excluding hydrogens is 264 g/mol. The first-order chi connectivity index (χ1) is 9.69. The molecule has 2 N–H and O–H groups in total. The van der Waals surface area contributed by atoms with Gasteiger partial charge in [0.2, 0.25) is 6.41 Å². The van der Waals surface area contributed by atoms with Gasteiger partial charge in [0.1, 0.15) is 11.6 Å². The molecule has 3 aromatic rings. The Morgan fingerprint density at radius 1 is 1.15 bits per heavy atom. The van der Waals surface area contributed by atoms with Gasteiger partial charge in [0, 0.05) is 17.0 Å². The molecule has 1 heterocycles. The van der Waals surface area contributed by atoms with Crippen LogP contribution in [0.5, 0.6) is 0 Å². The molecule has 0 unspecified atom stereocenters. The van der Waals surface area contributed by atoms with Gasteiger partial charge in [0.05, 0.1) is 5.52 Å². The van der Waals surface area contributed by atoms with Crippen LogP contribution in [0.2, 0.25) is 0 Å². The molecule has 100 valence electrons. The highest BCUT2D eigenvalue weighted by atomic mass is 19.1. The second kappa shape index (κ2) is 4.73. The molecule has 0 atom stereocenters. The Balaban J connectivity index is 2.16. The molecule has 4 nitrogen and oxygen atoms in total. The number of H-pyrrole nitrogens is 1. The van der Waals surface area contributed by atoms with E-state index in [2.05, 4.69) is 15.5 Å². The Morgan fingerprint density at radius 2 is 2.00 bits per heavy atom. The number of carbonyl (C=O) groups is 1. The number of aromatic nitrogens is 2. The Bertz CT molecular complexity index is 798. The molecule has 0 fully saturated rings. The van der Waals surface area contributed by atoms with E-state index in [0.29, 0.717) is 28.7 Å². The normalized spacial score (nSPS) is 10.7. The molecule has 0 saturated carbocycles. The molecule has 0 saturated heterocycles. The van der Waals surface area contributed by atoms with Crippen LogP contribution in [0.25, 0.3) is 22.0 Å². The van der Waals surface area contributed by atoms with Crippen molar-refractivity contribution in [3.63, 3.8) is 0 Å². The maximum Gasteiger partial charge on any atom is 0.212 e. The summed E-state index contributed by atoms with van der Waals surface area (Å²) < 4.78 is 26.7. The fourth-order valence-corrected chi connectivity index (χ4v) is 2.07. The molecule has 2 aromatic carbocycles. The lowest BCUT2D eigenvalue weighted by Crippen LogP contribution is -1.94. The summed E-state index contributed by atoms with van der Waals surface area (Å²) >= 11 is 0. The van der Waals surface area contributed by atoms with Crippen LogP contribution < -0.4 is 5.32 Å². The predicted molar refractivity (Wildman–Crippen MR) is 71.1 cm³/mol. The van der Waals surface area contributed by atoms with E-state index in [0.717, 1.165) is 6.07 Å². The summed E-state index contributed by atoms with van der Waals surface area (Å²) in [6.45, 7) is 0. The highest BCUT2D eigenvalue weighted by molar-refractivity contribution is 5.96. The maximum absolute atomic E-state index is 13.8. The van der Waals surface area contributed by atoms with Crippen molar-refractivity contribution in [1.82, 2.24) is 10.2 Å². The molecule has 20 heavy (non-hydrogen) atoms. The number of hydrogen-bond donors (Lipinski definition) is 2. The molecule has 0 aliphatic rings. The number of rotatable bonds is 3. The average molecular weight is 273 g/mol. The molecular formula is C14H9F2N3O. The van der Waals surface area contributed by atoms with E-state index < -0.39 is 11.6 Å². The van der Waals surface area contributed by atoms with Crippen molar-refractivity contribution in [2.45, 2.75) is 0 Å². The molecule has 1 aromatic heterocycles. The Hall–Kier alpha value is -2.76. The second-order valence-electron chi connectivity index (χ2n) is 4.22. The SMILES string of the molecule is O=CNc1n[nH]c2ccc(-c3ccc(F)cc3F)cc12. The highest BCUT2D eigenvalue weighted by Crippen LogP contribution is 2.29. The van der Waals surface area contributed by atoms with Crippen LogP contribution in [-0.4, -0.2) is 16.6 Å². The minimum atomic E-state index is -0.641. The van der Waals surface area contributed by atoms with Gasteiger partial charge in [-0.1, -0.05) is 6.07 Å². The first-order valence-electron chi connectivity index (χ1n) is 5.83. The van der Waals surface area contributed by atoms with Gasteiger partial charge in [0.15, 0.2) is 5.82 Å². The molecule has 0 bridgehead atoms. The van der Waals surface area contributed by atoms with Crippen molar-refractivity contribution in [2.24, 2.45) is 0 Å². The summed E-state index contributed by atoms with van der Waals surface area (Å²) in [5, 5.41) is 9.79. The van der Waals surface area contributed by atoms with Crippen molar-refractivity contribution in [2.75, 3.05) is 5.32 Å². The number of amides is 1.